The second kappa shape index (κ2) is 9.99. The van der Waals surface area contributed by atoms with Crippen LogP contribution in [0.4, 0.5) is 8.78 Å². The Morgan fingerprint density at radius 1 is 1.10 bits per heavy atom. The van der Waals surface area contributed by atoms with E-state index in [2.05, 4.69) is 10.1 Å². The number of carbonyl (C=O) groups excluding carboxylic acids is 1. The van der Waals surface area contributed by atoms with Crippen LogP contribution in [0.5, 0.6) is 5.75 Å². The summed E-state index contributed by atoms with van der Waals surface area (Å²) in [7, 11) is -3.75. The first-order chi connectivity index (χ1) is 14.4. The van der Waals surface area contributed by atoms with Gasteiger partial charge in [0.1, 0.15) is 11.8 Å². The number of carbonyl (C=O) groups is 1. The fraction of sp³-hybridized carbons (Fsp3) is 0.381. The highest BCUT2D eigenvalue weighted by Crippen LogP contribution is 2.25. The Bertz CT molecular complexity index is 937. The molecule has 6 nitrogen and oxygen atoms in total. The fourth-order valence-corrected chi connectivity index (χ4v) is 5.15. The molecule has 1 aliphatic rings. The molecule has 1 fully saturated rings. The number of hydrogen-bond acceptors (Lipinski definition) is 4. The van der Waals surface area contributed by atoms with E-state index in [4.69, 9.17) is 0 Å². The summed E-state index contributed by atoms with van der Waals surface area (Å²) in [5.74, 6) is -0.256. The van der Waals surface area contributed by atoms with Gasteiger partial charge in [0.05, 0.1) is 4.90 Å². The molecule has 0 aliphatic carbocycles. The van der Waals surface area contributed by atoms with Crippen molar-refractivity contribution in [2.24, 2.45) is 0 Å². The lowest BCUT2D eigenvalue weighted by atomic mass is 10.0. The van der Waals surface area contributed by atoms with E-state index in [0.717, 1.165) is 12.0 Å². The quantitative estimate of drug-likeness (QED) is 0.687. The third-order valence-corrected chi connectivity index (χ3v) is 6.89. The number of rotatable bonds is 8. The van der Waals surface area contributed by atoms with E-state index >= 15 is 0 Å². The van der Waals surface area contributed by atoms with Crippen LogP contribution in [0.25, 0.3) is 0 Å². The van der Waals surface area contributed by atoms with Gasteiger partial charge in [-0.05, 0) is 49.1 Å². The average molecular weight is 438 g/mol. The number of nitrogens with zero attached hydrogens (tertiary/aromatic N) is 1. The molecule has 0 spiro atoms. The largest absolute Gasteiger partial charge is 0.435 e. The Morgan fingerprint density at radius 3 is 2.47 bits per heavy atom. The van der Waals surface area contributed by atoms with E-state index in [0.29, 0.717) is 32.4 Å². The van der Waals surface area contributed by atoms with Crippen molar-refractivity contribution in [1.82, 2.24) is 9.62 Å². The number of sulfonamides is 1. The Morgan fingerprint density at radius 2 is 1.80 bits per heavy atom. The second-order valence-corrected chi connectivity index (χ2v) is 8.89. The van der Waals surface area contributed by atoms with E-state index in [1.165, 1.54) is 28.6 Å². The number of alkyl halides is 2. The monoisotopic (exact) mass is 438 g/mol. The molecule has 0 saturated carbocycles. The molecule has 0 bridgehead atoms. The van der Waals surface area contributed by atoms with Gasteiger partial charge < -0.3 is 10.1 Å². The molecule has 30 heavy (non-hydrogen) atoms. The molecule has 1 heterocycles. The molecular formula is C21H24F2N2O4S. The average Bonchev–Trinajstić information content (AvgIpc) is 2.75. The summed E-state index contributed by atoms with van der Waals surface area (Å²) in [4.78, 5) is 12.9. The lowest BCUT2D eigenvalue weighted by Crippen LogP contribution is -2.52. The third kappa shape index (κ3) is 5.54. The molecule has 3 rings (SSSR count). The normalized spacial score (nSPS) is 17.6. The zero-order chi connectivity index (χ0) is 21.6. The Kier molecular flexibility index (Phi) is 7.38. The third-order valence-electron chi connectivity index (χ3n) is 4.97. The van der Waals surface area contributed by atoms with Gasteiger partial charge in [0.15, 0.2) is 0 Å². The molecule has 0 aromatic heterocycles. The number of nitrogens with one attached hydrogen (secondary N) is 1. The lowest BCUT2D eigenvalue weighted by Gasteiger charge is -2.33. The molecule has 0 radical (unpaired) electrons. The number of halogens is 2. The second-order valence-electron chi connectivity index (χ2n) is 7.00. The van der Waals surface area contributed by atoms with Gasteiger partial charge in [0.2, 0.25) is 15.9 Å². The minimum Gasteiger partial charge on any atom is -0.435 e. The maximum atomic E-state index is 13.0. The molecule has 2 aromatic rings. The molecule has 1 saturated heterocycles. The van der Waals surface area contributed by atoms with Crippen molar-refractivity contribution in [3.8, 4) is 5.75 Å². The summed E-state index contributed by atoms with van der Waals surface area (Å²) < 4.78 is 56.0. The first kappa shape index (κ1) is 22.2. The van der Waals surface area contributed by atoms with E-state index in [1.807, 2.05) is 0 Å². The number of amides is 1. The molecule has 9 heteroatoms. The van der Waals surface area contributed by atoms with Crippen LogP contribution in [0.2, 0.25) is 0 Å². The first-order valence-electron chi connectivity index (χ1n) is 9.76. The number of benzene rings is 2. The van der Waals surface area contributed by atoms with Crippen LogP contribution in [-0.4, -0.2) is 44.4 Å². The van der Waals surface area contributed by atoms with Crippen LogP contribution >= 0.6 is 0 Å². The molecule has 1 unspecified atom stereocenters. The Balaban J connectivity index is 1.59. The first-order valence-corrected chi connectivity index (χ1v) is 11.2. The van der Waals surface area contributed by atoms with Crippen molar-refractivity contribution in [2.75, 3.05) is 13.1 Å². The highest BCUT2D eigenvalue weighted by Gasteiger charge is 2.37. The summed E-state index contributed by atoms with van der Waals surface area (Å²) in [5, 5.41) is 2.80. The van der Waals surface area contributed by atoms with Gasteiger partial charge in [-0.2, -0.15) is 13.1 Å². The SMILES string of the molecule is O=C(NCCc1ccc(OC(F)F)cc1)C1CCCCN1S(=O)(=O)c1ccccc1. The fourth-order valence-electron chi connectivity index (χ4n) is 3.47. The predicted octanol–water partition coefficient (Wildman–Crippen LogP) is 3.19. The summed E-state index contributed by atoms with van der Waals surface area (Å²) in [6.45, 7) is -2.26. The van der Waals surface area contributed by atoms with E-state index in [-0.39, 0.29) is 16.6 Å². The predicted molar refractivity (Wildman–Crippen MR) is 108 cm³/mol. The van der Waals surface area contributed by atoms with Gasteiger partial charge in [0.25, 0.3) is 0 Å². The van der Waals surface area contributed by atoms with E-state index in [9.17, 15) is 22.0 Å². The van der Waals surface area contributed by atoms with Crippen LogP contribution in [0.3, 0.4) is 0 Å². The highest BCUT2D eigenvalue weighted by molar-refractivity contribution is 7.89. The van der Waals surface area contributed by atoms with Gasteiger partial charge in [-0.25, -0.2) is 8.42 Å². The van der Waals surface area contributed by atoms with Crippen LogP contribution in [-0.2, 0) is 21.2 Å². The summed E-state index contributed by atoms with van der Waals surface area (Å²) >= 11 is 0. The topological polar surface area (TPSA) is 75.7 Å². The summed E-state index contributed by atoms with van der Waals surface area (Å²) in [5.41, 5.74) is 0.842. The van der Waals surface area contributed by atoms with Gasteiger partial charge in [-0.3, -0.25) is 4.79 Å². The number of hydrogen-bond donors (Lipinski definition) is 1. The Hall–Kier alpha value is -2.52. The van der Waals surface area contributed by atoms with Crippen molar-refractivity contribution >= 4 is 15.9 Å². The maximum absolute atomic E-state index is 13.0. The number of ether oxygens (including phenoxy) is 1. The molecule has 162 valence electrons. The van der Waals surface area contributed by atoms with Crippen LogP contribution < -0.4 is 10.1 Å². The van der Waals surface area contributed by atoms with Crippen LogP contribution in [0.15, 0.2) is 59.5 Å². The van der Waals surface area contributed by atoms with Crippen molar-refractivity contribution in [3.05, 3.63) is 60.2 Å². The van der Waals surface area contributed by atoms with Gasteiger partial charge in [-0.1, -0.05) is 36.8 Å². The summed E-state index contributed by atoms with van der Waals surface area (Å²) in [6, 6.07) is 13.6. The molecule has 1 aliphatic heterocycles. The highest BCUT2D eigenvalue weighted by atomic mass is 32.2. The van der Waals surface area contributed by atoms with Gasteiger partial charge in [-0.15, -0.1) is 0 Å². The van der Waals surface area contributed by atoms with Crippen LogP contribution in [0, 0.1) is 0 Å². The van der Waals surface area contributed by atoms with Gasteiger partial charge >= 0.3 is 6.61 Å². The molecular weight excluding hydrogens is 414 g/mol. The minimum absolute atomic E-state index is 0.0711. The van der Waals surface area contributed by atoms with Gasteiger partial charge in [0, 0.05) is 13.1 Å². The summed E-state index contributed by atoms with van der Waals surface area (Å²) in [6.07, 6.45) is 2.45. The molecule has 1 N–H and O–H groups in total. The minimum atomic E-state index is -3.75. The Labute approximate surface area is 174 Å². The number of piperidine rings is 1. The zero-order valence-electron chi connectivity index (χ0n) is 16.3. The molecule has 1 atom stereocenters. The van der Waals surface area contributed by atoms with Crippen molar-refractivity contribution in [2.45, 2.75) is 43.2 Å². The molecule has 1 amide bonds. The standard InChI is InChI=1S/C21H24F2N2O4S/c22-21(23)29-17-11-9-16(10-12-17)13-14-24-20(26)19-8-4-5-15-25(19)30(27,28)18-6-2-1-3-7-18/h1-3,6-7,9-12,19,21H,4-5,8,13-15H2,(H,24,26). The smallest absolute Gasteiger partial charge is 0.387 e. The molecule has 2 aromatic carbocycles. The van der Waals surface area contributed by atoms with Crippen molar-refractivity contribution < 1.29 is 26.7 Å². The maximum Gasteiger partial charge on any atom is 0.387 e. The van der Waals surface area contributed by atoms with E-state index < -0.39 is 22.7 Å². The lowest BCUT2D eigenvalue weighted by molar-refractivity contribution is -0.125. The van der Waals surface area contributed by atoms with Crippen molar-refractivity contribution in [1.29, 1.82) is 0 Å². The van der Waals surface area contributed by atoms with Crippen molar-refractivity contribution in [3.63, 3.8) is 0 Å². The zero-order valence-corrected chi connectivity index (χ0v) is 17.2. The van der Waals surface area contributed by atoms with E-state index in [1.54, 1.807) is 30.3 Å². The van der Waals surface area contributed by atoms with Crippen LogP contribution in [0.1, 0.15) is 24.8 Å².